The molecule has 0 aliphatic heterocycles. The zero-order chi connectivity index (χ0) is 12.0. The van der Waals surface area contributed by atoms with Crippen LogP contribution in [0.5, 0.6) is 5.75 Å². The van der Waals surface area contributed by atoms with Gasteiger partial charge in [0.2, 0.25) is 0 Å². The second-order valence-corrected chi connectivity index (χ2v) is 4.07. The average Bonchev–Trinajstić information content (AvgIpc) is 2.72. The van der Waals surface area contributed by atoms with Gasteiger partial charge in [0.05, 0.1) is 5.69 Å². The van der Waals surface area contributed by atoms with Crippen LogP contribution in [0.15, 0.2) is 18.2 Å². The van der Waals surface area contributed by atoms with E-state index in [9.17, 15) is 9.90 Å². The van der Waals surface area contributed by atoms with Gasteiger partial charge in [0.25, 0.3) is 0 Å². The van der Waals surface area contributed by atoms with E-state index < -0.39 is 5.97 Å². The molecule has 3 rings (SSSR count). The number of fused-ring (bicyclic) bond motifs is 3. The highest BCUT2D eigenvalue weighted by atomic mass is 16.4. The van der Waals surface area contributed by atoms with Crippen molar-refractivity contribution >= 4 is 5.97 Å². The first-order valence-electron chi connectivity index (χ1n) is 5.29. The van der Waals surface area contributed by atoms with Crippen molar-refractivity contribution in [3.63, 3.8) is 0 Å². The zero-order valence-electron chi connectivity index (χ0n) is 8.90. The fourth-order valence-corrected chi connectivity index (χ4v) is 2.29. The third kappa shape index (κ3) is 1.39. The van der Waals surface area contributed by atoms with Crippen molar-refractivity contribution in [3.05, 3.63) is 35.0 Å². The van der Waals surface area contributed by atoms with Crippen molar-refractivity contribution in [3.8, 4) is 17.0 Å². The molecule has 0 bridgehead atoms. The first-order valence-corrected chi connectivity index (χ1v) is 5.29. The van der Waals surface area contributed by atoms with E-state index in [0.29, 0.717) is 12.1 Å². The summed E-state index contributed by atoms with van der Waals surface area (Å²) >= 11 is 0. The summed E-state index contributed by atoms with van der Waals surface area (Å²) in [6.07, 6.45) is 1.35. The molecule has 0 unspecified atom stereocenters. The topological polar surface area (TPSA) is 86.2 Å². The molecule has 0 radical (unpaired) electrons. The molecule has 0 saturated carbocycles. The Morgan fingerprint density at radius 1 is 1.35 bits per heavy atom. The zero-order valence-corrected chi connectivity index (χ0v) is 8.90. The number of hydrogen-bond acceptors (Lipinski definition) is 3. The number of phenols is 1. The van der Waals surface area contributed by atoms with E-state index in [1.54, 1.807) is 18.2 Å². The lowest BCUT2D eigenvalue weighted by Gasteiger charge is -2.15. The lowest BCUT2D eigenvalue weighted by molar-refractivity contribution is 0.0689. The van der Waals surface area contributed by atoms with Crippen molar-refractivity contribution in [2.24, 2.45) is 0 Å². The van der Waals surface area contributed by atoms with Crippen molar-refractivity contribution < 1.29 is 15.0 Å². The van der Waals surface area contributed by atoms with Gasteiger partial charge in [0.15, 0.2) is 0 Å². The van der Waals surface area contributed by atoms with Gasteiger partial charge in [-0.3, -0.25) is 5.10 Å². The quantitative estimate of drug-likeness (QED) is 0.694. The van der Waals surface area contributed by atoms with Crippen molar-refractivity contribution in [2.75, 3.05) is 0 Å². The highest BCUT2D eigenvalue weighted by molar-refractivity contribution is 5.90. The van der Waals surface area contributed by atoms with Crippen LogP contribution in [0.3, 0.4) is 0 Å². The average molecular weight is 230 g/mol. The van der Waals surface area contributed by atoms with Crippen LogP contribution in [0.4, 0.5) is 0 Å². The number of nitrogens with one attached hydrogen (secondary N) is 1. The SMILES string of the molecule is O=C(O)c1[nH]nc2c1CCc1cc(O)ccc1-2. The molecule has 3 N–H and O–H groups in total. The number of rotatable bonds is 1. The molecule has 1 heterocycles. The number of carboxylic acid groups (broad SMARTS) is 1. The lowest BCUT2D eigenvalue weighted by Crippen LogP contribution is -2.07. The number of benzene rings is 1. The van der Waals surface area contributed by atoms with Gasteiger partial charge in [0, 0.05) is 11.1 Å². The molecule has 0 atom stereocenters. The van der Waals surface area contributed by atoms with Gasteiger partial charge in [-0.15, -0.1) is 0 Å². The maximum absolute atomic E-state index is 11.0. The number of aromatic amines is 1. The van der Waals surface area contributed by atoms with Crippen LogP contribution in [0.1, 0.15) is 21.6 Å². The number of aromatic hydroxyl groups is 1. The lowest BCUT2D eigenvalue weighted by atomic mass is 9.89. The molecular formula is C12H10N2O3. The minimum absolute atomic E-state index is 0.165. The second-order valence-electron chi connectivity index (χ2n) is 4.07. The molecule has 0 spiro atoms. The smallest absolute Gasteiger partial charge is 0.354 e. The molecule has 0 saturated heterocycles. The van der Waals surface area contributed by atoms with E-state index in [-0.39, 0.29) is 11.4 Å². The fraction of sp³-hybridized carbons (Fsp3) is 0.167. The number of aromatic nitrogens is 2. The molecule has 17 heavy (non-hydrogen) atoms. The van der Waals surface area contributed by atoms with E-state index >= 15 is 0 Å². The number of aromatic carboxylic acids is 1. The Balaban J connectivity index is 2.21. The van der Waals surface area contributed by atoms with Crippen molar-refractivity contribution in [1.82, 2.24) is 10.2 Å². The molecule has 1 aliphatic rings. The van der Waals surface area contributed by atoms with Gasteiger partial charge < -0.3 is 10.2 Å². The highest BCUT2D eigenvalue weighted by Gasteiger charge is 2.24. The Kier molecular flexibility index (Phi) is 1.95. The first-order chi connectivity index (χ1) is 8.16. The van der Waals surface area contributed by atoms with E-state index in [2.05, 4.69) is 10.2 Å². The third-order valence-corrected chi connectivity index (χ3v) is 3.07. The number of nitrogens with zero attached hydrogens (tertiary/aromatic N) is 1. The fourth-order valence-electron chi connectivity index (χ4n) is 2.29. The summed E-state index contributed by atoms with van der Waals surface area (Å²) in [4.78, 5) is 11.0. The van der Waals surface area contributed by atoms with Crippen LogP contribution in [0.2, 0.25) is 0 Å². The Labute approximate surface area is 96.7 Å². The predicted molar refractivity (Wildman–Crippen MR) is 60.1 cm³/mol. The number of carboxylic acids is 1. The molecular weight excluding hydrogens is 220 g/mol. The molecule has 0 fully saturated rings. The largest absolute Gasteiger partial charge is 0.508 e. The maximum atomic E-state index is 11.0. The molecule has 1 aliphatic carbocycles. The van der Waals surface area contributed by atoms with E-state index in [1.165, 1.54) is 0 Å². The highest BCUT2D eigenvalue weighted by Crippen LogP contribution is 2.35. The standard InChI is InChI=1S/C12H10N2O3/c15-7-2-4-8-6(5-7)1-3-9-10(8)13-14-11(9)12(16)17/h2,4-5,15H,1,3H2,(H,13,14)(H,16,17). The third-order valence-electron chi connectivity index (χ3n) is 3.07. The van der Waals surface area contributed by atoms with Crippen LogP contribution < -0.4 is 0 Å². The second kappa shape index (κ2) is 3.35. The minimum Gasteiger partial charge on any atom is -0.508 e. The maximum Gasteiger partial charge on any atom is 0.354 e. The number of hydrogen-bond donors (Lipinski definition) is 3. The summed E-state index contributed by atoms with van der Waals surface area (Å²) in [6.45, 7) is 0. The van der Waals surface area contributed by atoms with E-state index in [4.69, 9.17) is 5.11 Å². The van der Waals surface area contributed by atoms with Crippen molar-refractivity contribution in [1.29, 1.82) is 0 Å². The predicted octanol–water partition coefficient (Wildman–Crippen LogP) is 1.58. The van der Waals surface area contributed by atoms with Gasteiger partial charge in [-0.05, 0) is 36.6 Å². The monoisotopic (exact) mass is 230 g/mol. The molecule has 2 aromatic rings. The molecule has 1 aromatic carbocycles. The van der Waals surface area contributed by atoms with Crippen LogP contribution in [-0.4, -0.2) is 26.4 Å². The molecule has 5 nitrogen and oxygen atoms in total. The van der Waals surface area contributed by atoms with Crippen LogP contribution in [-0.2, 0) is 12.8 Å². The molecule has 1 aromatic heterocycles. The molecule has 5 heteroatoms. The summed E-state index contributed by atoms with van der Waals surface area (Å²) in [5.74, 6) is -0.762. The minimum atomic E-state index is -0.985. The van der Waals surface area contributed by atoms with Crippen LogP contribution in [0, 0.1) is 0 Å². The number of carbonyl (C=O) groups is 1. The van der Waals surface area contributed by atoms with Crippen molar-refractivity contribution in [2.45, 2.75) is 12.8 Å². The van der Waals surface area contributed by atoms with E-state index in [1.807, 2.05) is 0 Å². The normalized spacial score (nSPS) is 12.9. The van der Waals surface area contributed by atoms with E-state index in [0.717, 1.165) is 23.1 Å². The van der Waals surface area contributed by atoms with Gasteiger partial charge in [-0.2, -0.15) is 5.10 Å². The summed E-state index contributed by atoms with van der Waals surface area (Å²) < 4.78 is 0. The number of aryl methyl sites for hydroxylation is 1. The van der Waals surface area contributed by atoms with Gasteiger partial charge >= 0.3 is 5.97 Å². The Bertz CT molecular complexity index is 616. The number of phenolic OH excluding ortho intramolecular Hbond substituents is 1. The Hall–Kier alpha value is -2.30. The summed E-state index contributed by atoms with van der Waals surface area (Å²) in [7, 11) is 0. The molecule has 0 amide bonds. The van der Waals surface area contributed by atoms with Gasteiger partial charge in [-0.25, -0.2) is 4.79 Å². The summed E-state index contributed by atoms with van der Waals surface area (Å²) in [6, 6.07) is 5.06. The summed E-state index contributed by atoms with van der Waals surface area (Å²) in [5, 5.41) is 25.0. The van der Waals surface area contributed by atoms with Crippen LogP contribution in [0.25, 0.3) is 11.3 Å². The van der Waals surface area contributed by atoms with Gasteiger partial charge in [-0.1, -0.05) is 0 Å². The first kappa shape index (κ1) is 9.89. The molecule has 86 valence electrons. The Morgan fingerprint density at radius 2 is 2.18 bits per heavy atom. The van der Waals surface area contributed by atoms with Crippen LogP contribution >= 0.6 is 0 Å². The van der Waals surface area contributed by atoms with Gasteiger partial charge in [0.1, 0.15) is 11.4 Å². The number of H-pyrrole nitrogens is 1. The Morgan fingerprint density at radius 3 is 2.94 bits per heavy atom. The summed E-state index contributed by atoms with van der Waals surface area (Å²) in [5.41, 5.74) is 3.49.